The van der Waals surface area contributed by atoms with Gasteiger partial charge in [-0.2, -0.15) is 5.10 Å². The van der Waals surface area contributed by atoms with E-state index < -0.39 is 0 Å². The number of carbonyl (C=O) groups excluding carboxylic acids is 2. The lowest BCUT2D eigenvalue weighted by Gasteiger charge is -2.30. The van der Waals surface area contributed by atoms with Crippen molar-refractivity contribution in [1.82, 2.24) is 4.90 Å². The van der Waals surface area contributed by atoms with Crippen LogP contribution in [0.25, 0.3) is 0 Å². The van der Waals surface area contributed by atoms with Gasteiger partial charge in [0.1, 0.15) is 5.71 Å². The minimum Gasteiger partial charge on any atom is -0.369 e. The molecule has 2 aliphatic heterocycles. The number of carbonyl (C=O) groups is 2. The van der Waals surface area contributed by atoms with Gasteiger partial charge in [0.25, 0.3) is 5.91 Å². The SMILES string of the molecule is NC(=O)C1CCN(C(=O)C2=NN(c3ccccc3)[C@H](c3ccccc3)C2)CC1. The molecule has 28 heavy (non-hydrogen) atoms. The average Bonchev–Trinajstić information content (AvgIpc) is 3.20. The number of hydrazone groups is 1. The smallest absolute Gasteiger partial charge is 0.270 e. The molecule has 1 saturated heterocycles. The van der Waals surface area contributed by atoms with Crippen LogP contribution in [0.3, 0.4) is 0 Å². The van der Waals surface area contributed by atoms with E-state index in [2.05, 4.69) is 12.1 Å². The highest BCUT2D eigenvalue weighted by atomic mass is 16.2. The Kier molecular flexibility index (Phi) is 5.10. The first-order chi connectivity index (χ1) is 13.6. The molecule has 4 rings (SSSR count). The number of nitrogens with two attached hydrogens (primary N) is 1. The summed E-state index contributed by atoms with van der Waals surface area (Å²) in [6.45, 7) is 1.10. The van der Waals surface area contributed by atoms with E-state index in [4.69, 9.17) is 10.8 Å². The first kappa shape index (κ1) is 18.2. The van der Waals surface area contributed by atoms with Gasteiger partial charge in [0.15, 0.2) is 0 Å². The van der Waals surface area contributed by atoms with Crippen molar-refractivity contribution in [3.8, 4) is 0 Å². The standard InChI is InChI=1S/C22H24N4O2/c23-21(27)17-11-13-25(14-12-17)22(28)19-15-20(16-7-3-1-4-8-16)26(24-19)18-9-5-2-6-10-18/h1-10,17,20H,11-15H2,(H2,23,27)/t20-/m0/s1. The van der Waals surface area contributed by atoms with Gasteiger partial charge < -0.3 is 10.6 Å². The van der Waals surface area contributed by atoms with Crippen LogP contribution >= 0.6 is 0 Å². The number of benzene rings is 2. The summed E-state index contributed by atoms with van der Waals surface area (Å²) in [7, 11) is 0. The van der Waals surface area contributed by atoms with E-state index in [1.165, 1.54) is 0 Å². The molecule has 0 aliphatic carbocycles. The summed E-state index contributed by atoms with van der Waals surface area (Å²) in [4.78, 5) is 26.3. The van der Waals surface area contributed by atoms with Crippen LogP contribution in [-0.4, -0.2) is 35.5 Å². The average molecular weight is 376 g/mol. The molecule has 0 bridgehead atoms. The summed E-state index contributed by atoms with van der Waals surface area (Å²) in [5.74, 6) is -0.445. The number of hydrogen-bond acceptors (Lipinski definition) is 4. The van der Waals surface area contributed by atoms with Crippen molar-refractivity contribution in [2.75, 3.05) is 18.1 Å². The number of piperidine rings is 1. The van der Waals surface area contributed by atoms with E-state index >= 15 is 0 Å². The van der Waals surface area contributed by atoms with Gasteiger partial charge in [-0.15, -0.1) is 0 Å². The fourth-order valence-electron chi connectivity index (χ4n) is 3.94. The van der Waals surface area contributed by atoms with Gasteiger partial charge in [-0.3, -0.25) is 14.6 Å². The van der Waals surface area contributed by atoms with Gasteiger partial charge in [0, 0.05) is 25.4 Å². The number of anilines is 1. The molecule has 0 radical (unpaired) electrons. The first-order valence-corrected chi connectivity index (χ1v) is 9.69. The molecule has 0 unspecified atom stereocenters. The van der Waals surface area contributed by atoms with Crippen molar-refractivity contribution in [2.45, 2.75) is 25.3 Å². The lowest BCUT2D eigenvalue weighted by atomic mass is 9.95. The summed E-state index contributed by atoms with van der Waals surface area (Å²) in [6, 6.07) is 20.1. The molecule has 0 aromatic heterocycles. The second kappa shape index (κ2) is 7.84. The van der Waals surface area contributed by atoms with E-state index in [1.807, 2.05) is 53.5 Å². The number of amides is 2. The lowest BCUT2D eigenvalue weighted by molar-refractivity contribution is -0.129. The monoisotopic (exact) mass is 376 g/mol. The third-order valence-electron chi connectivity index (χ3n) is 5.55. The van der Waals surface area contributed by atoms with E-state index in [0.29, 0.717) is 38.1 Å². The fourth-order valence-corrected chi connectivity index (χ4v) is 3.94. The van der Waals surface area contributed by atoms with Crippen molar-refractivity contribution in [2.24, 2.45) is 16.8 Å². The van der Waals surface area contributed by atoms with Gasteiger partial charge in [0.2, 0.25) is 5.91 Å². The zero-order chi connectivity index (χ0) is 19.5. The fraction of sp³-hybridized carbons (Fsp3) is 0.318. The van der Waals surface area contributed by atoms with Crippen molar-refractivity contribution in [3.05, 3.63) is 66.2 Å². The molecule has 6 heteroatoms. The number of primary amides is 1. The molecule has 0 spiro atoms. The van der Waals surface area contributed by atoms with Gasteiger partial charge in [-0.25, -0.2) is 0 Å². The molecule has 2 N–H and O–H groups in total. The Bertz CT molecular complexity index is 874. The van der Waals surface area contributed by atoms with Crippen LogP contribution in [-0.2, 0) is 9.59 Å². The van der Waals surface area contributed by atoms with Crippen LogP contribution in [0.1, 0.15) is 30.9 Å². The first-order valence-electron chi connectivity index (χ1n) is 9.69. The van der Waals surface area contributed by atoms with Crippen molar-refractivity contribution < 1.29 is 9.59 Å². The highest BCUT2D eigenvalue weighted by Gasteiger charge is 2.35. The molecule has 144 valence electrons. The Hall–Kier alpha value is -3.15. The summed E-state index contributed by atoms with van der Waals surface area (Å²) in [5, 5.41) is 6.66. The van der Waals surface area contributed by atoms with Crippen molar-refractivity contribution >= 4 is 23.2 Å². The highest BCUT2D eigenvalue weighted by molar-refractivity contribution is 6.39. The molecule has 2 aliphatic rings. The number of rotatable bonds is 4. The second-order valence-corrected chi connectivity index (χ2v) is 7.33. The molecular formula is C22H24N4O2. The summed E-state index contributed by atoms with van der Waals surface area (Å²) >= 11 is 0. The molecule has 6 nitrogen and oxygen atoms in total. The number of para-hydroxylation sites is 1. The van der Waals surface area contributed by atoms with Crippen LogP contribution in [0.4, 0.5) is 5.69 Å². The largest absolute Gasteiger partial charge is 0.369 e. The Balaban J connectivity index is 1.56. The predicted octanol–water partition coefficient (Wildman–Crippen LogP) is 2.72. The summed E-state index contributed by atoms with van der Waals surface area (Å²) in [6.07, 6.45) is 1.81. The molecule has 2 aromatic rings. The van der Waals surface area contributed by atoms with Crippen LogP contribution in [0.15, 0.2) is 65.8 Å². The molecule has 1 atom stereocenters. The maximum Gasteiger partial charge on any atom is 0.270 e. The number of hydrogen-bond donors (Lipinski definition) is 1. The van der Waals surface area contributed by atoms with E-state index in [9.17, 15) is 9.59 Å². The summed E-state index contributed by atoms with van der Waals surface area (Å²) in [5.41, 5.74) is 8.06. The molecule has 2 aromatic carbocycles. The number of likely N-dealkylation sites (tertiary alicyclic amines) is 1. The normalized spacial score (nSPS) is 20.1. The van der Waals surface area contributed by atoms with Crippen molar-refractivity contribution in [1.29, 1.82) is 0 Å². The zero-order valence-electron chi connectivity index (χ0n) is 15.7. The lowest BCUT2D eigenvalue weighted by Crippen LogP contribution is -2.44. The van der Waals surface area contributed by atoms with Crippen LogP contribution < -0.4 is 10.7 Å². The minimum absolute atomic E-state index is 0.00860. The zero-order valence-corrected chi connectivity index (χ0v) is 15.7. The van der Waals surface area contributed by atoms with E-state index in [1.54, 1.807) is 4.90 Å². The van der Waals surface area contributed by atoms with Gasteiger partial charge in [-0.05, 0) is 30.5 Å². The highest BCUT2D eigenvalue weighted by Crippen LogP contribution is 2.35. The third-order valence-corrected chi connectivity index (χ3v) is 5.55. The second-order valence-electron chi connectivity index (χ2n) is 7.33. The quantitative estimate of drug-likeness (QED) is 0.891. The third kappa shape index (κ3) is 3.63. The molecule has 0 saturated carbocycles. The Morgan fingerprint density at radius 2 is 1.54 bits per heavy atom. The Morgan fingerprint density at radius 1 is 0.929 bits per heavy atom. The molecular weight excluding hydrogens is 352 g/mol. The van der Waals surface area contributed by atoms with Crippen molar-refractivity contribution in [3.63, 3.8) is 0 Å². The Morgan fingerprint density at radius 3 is 2.14 bits per heavy atom. The Labute approximate surface area is 164 Å². The van der Waals surface area contributed by atoms with E-state index in [0.717, 1.165) is 11.3 Å². The maximum absolute atomic E-state index is 13.1. The summed E-state index contributed by atoms with van der Waals surface area (Å²) < 4.78 is 0. The van der Waals surface area contributed by atoms with Crippen LogP contribution in [0.2, 0.25) is 0 Å². The van der Waals surface area contributed by atoms with Gasteiger partial charge in [0.05, 0.1) is 11.7 Å². The molecule has 2 heterocycles. The molecule has 1 fully saturated rings. The van der Waals surface area contributed by atoms with Gasteiger partial charge >= 0.3 is 0 Å². The van der Waals surface area contributed by atoms with Crippen LogP contribution in [0.5, 0.6) is 0 Å². The minimum atomic E-state index is -0.273. The topological polar surface area (TPSA) is 79.0 Å². The van der Waals surface area contributed by atoms with E-state index in [-0.39, 0.29) is 23.8 Å². The number of nitrogens with zero attached hydrogens (tertiary/aromatic N) is 3. The maximum atomic E-state index is 13.1. The predicted molar refractivity (Wildman–Crippen MR) is 109 cm³/mol. The van der Waals surface area contributed by atoms with Crippen LogP contribution in [0, 0.1) is 5.92 Å². The molecule has 2 amide bonds. The van der Waals surface area contributed by atoms with Gasteiger partial charge in [-0.1, -0.05) is 48.5 Å².